The quantitative estimate of drug-likeness (QED) is 0.458. The lowest BCUT2D eigenvalue weighted by Crippen LogP contribution is -1.83. The van der Waals surface area contributed by atoms with Gasteiger partial charge in [-0.2, -0.15) is 0 Å². The molecule has 0 saturated carbocycles. The fourth-order valence-electron chi connectivity index (χ4n) is 1.41. The minimum Gasteiger partial charge on any atom is -0.411 e. The Morgan fingerprint density at radius 2 is 1.87 bits per heavy atom. The van der Waals surface area contributed by atoms with Gasteiger partial charge in [-0.05, 0) is 34.9 Å². The molecule has 0 aliphatic carbocycles. The first-order valence-electron chi connectivity index (χ1n) is 4.58. The first-order valence-corrected chi connectivity index (χ1v) is 4.58. The maximum absolute atomic E-state index is 8.44. The Morgan fingerprint density at radius 1 is 1.07 bits per heavy atom. The molecule has 0 atom stereocenters. The highest BCUT2D eigenvalue weighted by atomic mass is 16.4. The van der Waals surface area contributed by atoms with Crippen molar-refractivity contribution in [3.8, 4) is 11.1 Å². The van der Waals surface area contributed by atoms with Crippen molar-refractivity contribution in [2.24, 2.45) is 5.16 Å². The molecule has 3 heteroatoms. The van der Waals surface area contributed by atoms with E-state index in [0.717, 1.165) is 16.7 Å². The fourth-order valence-corrected chi connectivity index (χ4v) is 1.41. The number of rotatable bonds is 2. The molecule has 74 valence electrons. The smallest absolute Gasteiger partial charge is 0.0734 e. The average Bonchev–Trinajstić information content (AvgIpc) is 2.31. The summed E-state index contributed by atoms with van der Waals surface area (Å²) in [6.45, 7) is 0. The number of aromatic nitrogens is 1. The van der Waals surface area contributed by atoms with Crippen LogP contribution < -0.4 is 0 Å². The zero-order valence-corrected chi connectivity index (χ0v) is 8.04. The largest absolute Gasteiger partial charge is 0.411 e. The summed E-state index contributed by atoms with van der Waals surface area (Å²) in [5.74, 6) is 0. The topological polar surface area (TPSA) is 45.5 Å². The van der Waals surface area contributed by atoms with E-state index in [9.17, 15) is 0 Å². The van der Waals surface area contributed by atoms with Crippen LogP contribution >= 0.6 is 0 Å². The van der Waals surface area contributed by atoms with Gasteiger partial charge in [-0.15, -0.1) is 0 Å². The Bertz CT molecular complexity index is 466. The molecule has 1 heterocycles. The standard InChI is InChI=1S/C12H10N2O/c15-14-9-10-2-1-3-12(8-10)11-4-6-13-7-5-11/h1-9,15H/b14-9-. The zero-order valence-electron chi connectivity index (χ0n) is 8.04. The van der Waals surface area contributed by atoms with Crippen molar-refractivity contribution in [1.82, 2.24) is 4.98 Å². The molecule has 2 rings (SSSR count). The van der Waals surface area contributed by atoms with Gasteiger partial charge in [0.15, 0.2) is 0 Å². The van der Waals surface area contributed by atoms with Gasteiger partial charge >= 0.3 is 0 Å². The highest BCUT2D eigenvalue weighted by Crippen LogP contribution is 2.18. The van der Waals surface area contributed by atoms with Crippen LogP contribution in [0.25, 0.3) is 11.1 Å². The second kappa shape index (κ2) is 4.37. The number of benzene rings is 1. The molecule has 15 heavy (non-hydrogen) atoms. The summed E-state index contributed by atoms with van der Waals surface area (Å²) in [5.41, 5.74) is 3.04. The molecular weight excluding hydrogens is 188 g/mol. The van der Waals surface area contributed by atoms with Crippen LogP contribution in [0.15, 0.2) is 53.9 Å². The van der Waals surface area contributed by atoms with Gasteiger partial charge in [-0.1, -0.05) is 23.4 Å². The van der Waals surface area contributed by atoms with Crippen LogP contribution in [0, 0.1) is 0 Å². The van der Waals surface area contributed by atoms with Gasteiger partial charge in [0.05, 0.1) is 6.21 Å². The third kappa shape index (κ3) is 2.20. The average molecular weight is 198 g/mol. The van der Waals surface area contributed by atoms with Crippen molar-refractivity contribution in [2.45, 2.75) is 0 Å². The Kier molecular flexibility index (Phi) is 2.74. The molecular formula is C12H10N2O. The monoisotopic (exact) mass is 198 g/mol. The summed E-state index contributed by atoms with van der Waals surface area (Å²) in [6, 6.07) is 11.6. The number of nitrogens with zero attached hydrogens (tertiary/aromatic N) is 2. The first-order chi connectivity index (χ1) is 7.40. The second-order valence-electron chi connectivity index (χ2n) is 3.11. The second-order valence-corrected chi connectivity index (χ2v) is 3.11. The SMILES string of the molecule is O/N=C\c1cccc(-c2ccncc2)c1. The van der Waals surface area contributed by atoms with E-state index in [0.29, 0.717) is 0 Å². The minimum atomic E-state index is 0.867. The van der Waals surface area contributed by atoms with E-state index in [-0.39, 0.29) is 0 Å². The van der Waals surface area contributed by atoms with E-state index in [1.807, 2.05) is 36.4 Å². The van der Waals surface area contributed by atoms with Crippen molar-refractivity contribution in [3.05, 3.63) is 54.4 Å². The van der Waals surface area contributed by atoms with Crippen molar-refractivity contribution in [3.63, 3.8) is 0 Å². The molecule has 0 aliphatic heterocycles. The van der Waals surface area contributed by atoms with Crippen LogP contribution in [0.3, 0.4) is 0 Å². The van der Waals surface area contributed by atoms with E-state index in [4.69, 9.17) is 5.21 Å². The third-order valence-electron chi connectivity index (χ3n) is 2.11. The highest BCUT2D eigenvalue weighted by molar-refractivity contribution is 5.82. The molecule has 0 radical (unpaired) electrons. The molecule has 0 amide bonds. The van der Waals surface area contributed by atoms with Gasteiger partial charge < -0.3 is 5.21 Å². The summed E-state index contributed by atoms with van der Waals surface area (Å²) in [7, 11) is 0. The number of hydrogen-bond donors (Lipinski definition) is 1. The van der Waals surface area contributed by atoms with Crippen molar-refractivity contribution in [2.75, 3.05) is 0 Å². The van der Waals surface area contributed by atoms with Crippen LogP contribution in [0.4, 0.5) is 0 Å². The Labute approximate surface area is 87.7 Å². The van der Waals surface area contributed by atoms with E-state index in [1.165, 1.54) is 6.21 Å². The summed E-state index contributed by atoms with van der Waals surface area (Å²) in [6.07, 6.45) is 4.91. The van der Waals surface area contributed by atoms with Gasteiger partial charge in [0.2, 0.25) is 0 Å². The molecule has 1 aromatic carbocycles. The van der Waals surface area contributed by atoms with E-state index >= 15 is 0 Å². The number of oxime groups is 1. The highest BCUT2D eigenvalue weighted by Gasteiger charge is 1.96. The van der Waals surface area contributed by atoms with Crippen LogP contribution in [0.1, 0.15) is 5.56 Å². The predicted molar refractivity (Wildman–Crippen MR) is 59.1 cm³/mol. The van der Waals surface area contributed by atoms with E-state index < -0.39 is 0 Å². The Balaban J connectivity index is 2.41. The lowest BCUT2D eigenvalue weighted by Gasteiger charge is -2.01. The maximum atomic E-state index is 8.44. The normalized spacial score (nSPS) is 10.7. The minimum absolute atomic E-state index is 0.867. The molecule has 0 saturated heterocycles. The molecule has 1 N–H and O–H groups in total. The fraction of sp³-hybridized carbons (Fsp3) is 0. The first kappa shape index (κ1) is 9.40. The molecule has 0 bridgehead atoms. The van der Waals surface area contributed by atoms with Gasteiger partial charge in [-0.25, -0.2) is 0 Å². The Hall–Kier alpha value is -2.16. The maximum Gasteiger partial charge on any atom is 0.0734 e. The molecule has 0 fully saturated rings. The molecule has 0 aliphatic rings. The lowest BCUT2D eigenvalue weighted by molar-refractivity contribution is 0.322. The molecule has 0 unspecified atom stereocenters. The van der Waals surface area contributed by atoms with Gasteiger partial charge in [0.1, 0.15) is 0 Å². The number of hydrogen-bond acceptors (Lipinski definition) is 3. The molecule has 2 aromatic rings. The lowest BCUT2D eigenvalue weighted by atomic mass is 10.1. The van der Waals surface area contributed by atoms with E-state index in [1.54, 1.807) is 12.4 Å². The zero-order chi connectivity index (χ0) is 10.5. The van der Waals surface area contributed by atoms with Crippen LogP contribution in [-0.2, 0) is 0 Å². The van der Waals surface area contributed by atoms with Crippen LogP contribution in [0.5, 0.6) is 0 Å². The van der Waals surface area contributed by atoms with Crippen molar-refractivity contribution < 1.29 is 5.21 Å². The van der Waals surface area contributed by atoms with Crippen molar-refractivity contribution in [1.29, 1.82) is 0 Å². The van der Waals surface area contributed by atoms with Crippen molar-refractivity contribution >= 4 is 6.21 Å². The third-order valence-corrected chi connectivity index (χ3v) is 2.11. The molecule has 3 nitrogen and oxygen atoms in total. The predicted octanol–water partition coefficient (Wildman–Crippen LogP) is 2.56. The van der Waals surface area contributed by atoms with Gasteiger partial charge in [0.25, 0.3) is 0 Å². The molecule has 0 spiro atoms. The summed E-state index contributed by atoms with van der Waals surface area (Å²) in [5, 5.41) is 11.4. The van der Waals surface area contributed by atoms with Crippen LogP contribution in [-0.4, -0.2) is 16.4 Å². The van der Waals surface area contributed by atoms with Gasteiger partial charge in [-0.3, -0.25) is 4.98 Å². The molecule has 1 aromatic heterocycles. The summed E-state index contributed by atoms with van der Waals surface area (Å²) >= 11 is 0. The Morgan fingerprint density at radius 3 is 2.60 bits per heavy atom. The summed E-state index contributed by atoms with van der Waals surface area (Å²) < 4.78 is 0. The van der Waals surface area contributed by atoms with Crippen LogP contribution in [0.2, 0.25) is 0 Å². The van der Waals surface area contributed by atoms with Gasteiger partial charge in [0, 0.05) is 12.4 Å². The summed E-state index contributed by atoms with van der Waals surface area (Å²) in [4.78, 5) is 3.96. The van der Waals surface area contributed by atoms with E-state index in [2.05, 4.69) is 10.1 Å². The number of pyridine rings is 1.